The minimum atomic E-state index is -1.02. The lowest BCUT2D eigenvalue weighted by Gasteiger charge is -2.62. The van der Waals surface area contributed by atoms with Gasteiger partial charge in [0.05, 0.1) is 17.6 Å². The highest BCUT2D eigenvalue weighted by Crippen LogP contribution is 2.73. The van der Waals surface area contributed by atoms with E-state index in [-0.39, 0.29) is 23.2 Å². The van der Waals surface area contributed by atoms with E-state index in [2.05, 4.69) is 20.4 Å². The summed E-state index contributed by atoms with van der Waals surface area (Å²) in [5.74, 6) is -0.577. The van der Waals surface area contributed by atoms with Crippen LogP contribution in [0.25, 0.3) is 0 Å². The average Bonchev–Trinajstić information content (AvgIpc) is 3.08. The molecule has 0 unspecified atom stereocenters. The maximum absolute atomic E-state index is 13.2. The molecule has 3 aliphatic carbocycles. The van der Waals surface area contributed by atoms with E-state index < -0.39 is 41.6 Å². The van der Waals surface area contributed by atoms with Gasteiger partial charge in [-0.15, -0.1) is 0 Å². The van der Waals surface area contributed by atoms with Crippen LogP contribution in [-0.2, 0) is 19.0 Å². The number of ether oxygens (including phenoxy) is 3. The summed E-state index contributed by atoms with van der Waals surface area (Å²) >= 11 is 0. The van der Waals surface area contributed by atoms with Gasteiger partial charge >= 0.3 is 5.97 Å². The molecule has 27 heavy (non-hydrogen) atoms. The van der Waals surface area contributed by atoms with Crippen LogP contribution in [0, 0.1) is 34.0 Å². The van der Waals surface area contributed by atoms with E-state index in [0.717, 1.165) is 24.8 Å². The van der Waals surface area contributed by atoms with Crippen LogP contribution in [0.15, 0.2) is 12.2 Å². The standard InChI is InChI=1S/C21H30O6/c1-10-11-5-6-12-20(9-11,15(10)23)17(24)27-18-21(12)13(22)7-8-19(2,3)14(21)16(25-4)26-18/h11-16,18,22-23H,1,5-9H2,2-4H3/t11-,12-,13+,14-,15-,16+,18+,20+,21+/m1/s1. The summed E-state index contributed by atoms with van der Waals surface area (Å²) in [6.45, 7) is 8.45. The third-order valence-corrected chi connectivity index (χ3v) is 8.76. The molecule has 5 rings (SSSR count). The van der Waals surface area contributed by atoms with Crippen LogP contribution in [0.1, 0.15) is 46.0 Å². The summed E-state index contributed by atoms with van der Waals surface area (Å²) in [7, 11) is 1.60. The number of rotatable bonds is 1. The first-order valence-corrected chi connectivity index (χ1v) is 10.2. The zero-order valence-electron chi connectivity index (χ0n) is 16.3. The molecule has 2 N–H and O–H groups in total. The number of hydrogen-bond acceptors (Lipinski definition) is 6. The van der Waals surface area contributed by atoms with Gasteiger partial charge in [-0.05, 0) is 54.9 Å². The lowest BCUT2D eigenvalue weighted by atomic mass is 9.43. The van der Waals surface area contributed by atoms with Gasteiger partial charge in [-0.2, -0.15) is 0 Å². The van der Waals surface area contributed by atoms with Gasteiger partial charge in [-0.3, -0.25) is 4.79 Å². The van der Waals surface area contributed by atoms with E-state index in [1.807, 2.05) is 0 Å². The van der Waals surface area contributed by atoms with Crippen LogP contribution >= 0.6 is 0 Å². The molecule has 0 amide bonds. The quantitative estimate of drug-likeness (QED) is 0.536. The third-order valence-electron chi connectivity index (χ3n) is 8.76. The Morgan fingerprint density at radius 1 is 1.22 bits per heavy atom. The van der Waals surface area contributed by atoms with E-state index in [1.54, 1.807) is 7.11 Å². The van der Waals surface area contributed by atoms with E-state index >= 15 is 0 Å². The summed E-state index contributed by atoms with van der Waals surface area (Å²) < 4.78 is 17.7. The summed E-state index contributed by atoms with van der Waals surface area (Å²) in [5.41, 5.74) is -1.17. The highest BCUT2D eigenvalue weighted by Gasteiger charge is 2.80. The number of hydrogen-bond donors (Lipinski definition) is 2. The second kappa shape index (κ2) is 5.35. The zero-order chi connectivity index (χ0) is 19.4. The van der Waals surface area contributed by atoms with Crippen LogP contribution in [0.5, 0.6) is 0 Å². The van der Waals surface area contributed by atoms with Crippen LogP contribution in [0.4, 0.5) is 0 Å². The molecule has 150 valence electrons. The predicted molar refractivity (Wildman–Crippen MR) is 95.1 cm³/mol. The van der Waals surface area contributed by atoms with Gasteiger partial charge in [0.2, 0.25) is 6.29 Å². The van der Waals surface area contributed by atoms with Gasteiger partial charge in [0.25, 0.3) is 0 Å². The highest BCUT2D eigenvalue weighted by atomic mass is 16.8. The topological polar surface area (TPSA) is 85.2 Å². The molecule has 9 atom stereocenters. The van der Waals surface area contributed by atoms with Gasteiger partial charge in [-0.1, -0.05) is 20.4 Å². The molecule has 0 aromatic rings. The first-order chi connectivity index (χ1) is 12.7. The van der Waals surface area contributed by atoms with Gasteiger partial charge in [0.15, 0.2) is 6.29 Å². The van der Waals surface area contributed by atoms with E-state index in [4.69, 9.17) is 14.2 Å². The van der Waals surface area contributed by atoms with E-state index in [9.17, 15) is 15.0 Å². The van der Waals surface area contributed by atoms with Crippen molar-refractivity contribution in [3.8, 4) is 0 Å². The summed E-state index contributed by atoms with van der Waals surface area (Å²) in [4.78, 5) is 13.2. The number of aliphatic hydroxyl groups is 2. The van der Waals surface area contributed by atoms with E-state index in [1.165, 1.54) is 0 Å². The molecule has 2 saturated heterocycles. The zero-order valence-corrected chi connectivity index (χ0v) is 16.3. The van der Waals surface area contributed by atoms with Crippen molar-refractivity contribution in [3.05, 3.63) is 12.2 Å². The number of aliphatic hydroxyl groups excluding tert-OH is 2. The van der Waals surface area contributed by atoms with Crippen molar-refractivity contribution >= 4 is 5.97 Å². The molecule has 2 bridgehead atoms. The van der Waals surface area contributed by atoms with Crippen LogP contribution in [0.2, 0.25) is 0 Å². The maximum Gasteiger partial charge on any atom is 0.317 e. The average molecular weight is 378 g/mol. The summed E-state index contributed by atoms with van der Waals surface area (Å²) in [6, 6.07) is 0. The molecule has 0 aromatic heterocycles. The monoisotopic (exact) mass is 378 g/mol. The molecule has 2 aliphatic heterocycles. The smallest absolute Gasteiger partial charge is 0.317 e. The number of fused-ring (bicyclic) bond motifs is 1. The fourth-order valence-electron chi connectivity index (χ4n) is 7.65. The summed E-state index contributed by atoms with van der Waals surface area (Å²) in [5, 5.41) is 22.5. The second-order valence-electron chi connectivity index (χ2n) is 10.0. The molecule has 0 aromatic carbocycles. The lowest BCUT2D eigenvalue weighted by Crippen LogP contribution is -2.69. The molecular formula is C21H30O6. The normalized spacial score (nSPS) is 55.5. The molecule has 2 spiro atoms. The molecule has 2 heterocycles. The second-order valence-corrected chi connectivity index (χ2v) is 10.0. The Morgan fingerprint density at radius 3 is 2.67 bits per heavy atom. The Bertz CT molecular complexity index is 703. The Labute approximate surface area is 159 Å². The molecule has 5 aliphatic rings. The predicted octanol–water partition coefficient (Wildman–Crippen LogP) is 1.99. The third kappa shape index (κ3) is 1.84. The minimum absolute atomic E-state index is 0.114. The number of esters is 1. The molecule has 6 nitrogen and oxygen atoms in total. The summed E-state index contributed by atoms with van der Waals surface area (Å²) in [6.07, 6.45) is 0.725. The molecule has 5 fully saturated rings. The van der Waals surface area contributed by atoms with Crippen molar-refractivity contribution in [2.75, 3.05) is 7.11 Å². The molecular weight excluding hydrogens is 348 g/mol. The van der Waals surface area contributed by atoms with E-state index in [0.29, 0.717) is 12.8 Å². The minimum Gasteiger partial charge on any atom is -0.434 e. The largest absolute Gasteiger partial charge is 0.434 e. The fraction of sp³-hybridized carbons (Fsp3) is 0.857. The number of carbonyl (C=O) groups is 1. The van der Waals surface area contributed by atoms with Crippen molar-refractivity contribution in [2.45, 2.75) is 70.7 Å². The van der Waals surface area contributed by atoms with Crippen LogP contribution < -0.4 is 0 Å². The Balaban J connectivity index is 1.73. The first-order valence-electron chi connectivity index (χ1n) is 10.2. The van der Waals surface area contributed by atoms with Gasteiger partial charge in [-0.25, -0.2) is 0 Å². The molecule has 3 saturated carbocycles. The lowest BCUT2D eigenvalue weighted by molar-refractivity contribution is -0.288. The first kappa shape index (κ1) is 18.1. The maximum atomic E-state index is 13.2. The fourth-order valence-corrected chi connectivity index (χ4v) is 7.65. The SMILES string of the molecule is C=C1[C@@H]2CC[C@@H]3[C@](C2)(C(=O)O[C@@H]2O[C@H](OC)[C@@H]4C(C)(C)CC[C@H](O)[C@]243)[C@@H]1O. The molecule has 6 heteroatoms. The van der Waals surface area contributed by atoms with Crippen LogP contribution in [0.3, 0.4) is 0 Å². The number of methoxy groups -OCH3 is 1. The highest BCUT2D eigenvalue weighted by molar-refractivity contribution is 5.81. The van der Waals surface area contributed by atoms with Crippen molar-refractivity contribution in [3.63, 3.8) is 0 Å². The Hall–Kier alpha value is -0.950. The van der Waals surface area contributed by atoms with Gasteiger partial charge in [0, 0.05) is 13.0 Å². The van der Waals surface area contributed by atoms with Crippen molar-refractivity contribution < 1.29 is 29.2 Å². The Morgan fingerprint density at radius 2 is 1.96 bits per heavy atom. The van der Waals surface area contributed by atoms with Gasteiger partial charge in [0.1, 0.15) is 5.41 Å². The van der Waals surface area contributed by atoms with Gasteiger partial charge < -0.3 is 24.4 Å². The number of carbonyl (C=O) groups excluding carboxylic acids is 1. The van der Waals surface area contributed by atoms with Crippen molar-refractivity contribution in [2.24, 2.45) is 34.0 Å². The van der Waals surface area contributed by atoms with Crippen LogP contribution in [-0.4, -0.2) is 48.1 Å². The Kier molecular flexibility index (Phi) is 3.59. The molecule has 0 radical (unpaired) electrons. The van der Waals surface area contributed by atoms with Crippen molar-refractivity contribution in [1.82, 2.24) is 0 Å². The van der Waals surface area contributed by atoms with Crippen molar-refractivity contribution in [1.29, 1.82) is 0 Å².